The third-order valence-electron chi connectivity index (χ3n) is 13.0. The first-order valence-electron chi connectivity index (χ1n) is 15.6. The highest BCUT2D eigenvalue weighted by Crippen LogP contribution is 2.73. The van der Waals surface area contributed by atoms with E-state index in [4.69, 9.17) is 0 Å². The van der Waals surface area contributed by atoms with Crippen molar-refractivity contribution in [2.75, 3.05) is 0 Å². The number of hydrogen-bond acceptors (Lipinski definition) is 5. The number of rotatable bonds is 3. The molecule has 5 aliphatic rings. The summed E-state index contributed by atoms with van der Waals surface area (Å²) >= 11 is 1.73. The molecule has 218 valence electrons. The van der Waals surface area contributed by atoms with Crippen LogP contribution < -0.4 is 4.72 Å². The molecule has 4 nitrogen and oxygen atoms in total. The minimum absolute atomic E-state index is 0.0493. The summed E-state index contributed by atoms with van der Waals surface area (Å²) < 4.78 is 3.99. The summed E-state index contributed by atoms with van der Waals surface area (Å²) in [6.07, 6.45) is 11.2. The van der Waals surface area contributed by atoms with Gasteiger partial charge in [-0.05, 0) is 103 Å². The number of fused-ring (bicyclic) bond motifs is 7. The monoisotopic (exact) mass is 570 g/mol. The number of nitriles is 1. The molecule has 0 spiro atoms. The van der Waals surface area contributed by atoms with Crippen molar-refractivity contribution in [3.05, 3.63) is 53.6 Å². The summed E-state index contributed by atoms with van der Waals surface area (Å²) in [5.74, 6) is 0.496. The van der Waals surface area contributed by atoms with Crippen LogP contribution in [0.5, 0.6) is 0 Å². The van der Waals surface area contributed by atoms with Crippen LogP contribution in [0.4, 0.5) is 0 Å². The molecule has 0 heterocycles. The van der Waals surface area contributed by atoms with E-state index in [1.165, 1.54) is 10.5 Å². The molecule has 0 saturated heterocycles. The molecule has 0 bridgehead atoms. The summed E-state index contributed by atoms with van der Waals surface area (Å²) in [6.45, 7) is 15.8. The van der Waals surface area contributed by atoms with Gasteiger partial charge in [0.25, 0.3) is 0 Å². The van der Waals surface area contributed by atoms with E-state index in [2.05, 4.69) is 75.7 Å². The van der Waals surface area contributed by atoms with Gasteiger partial charge in [0.05, 0.1) is 5.57 Å². The Bertz CT molecular complexity index is 1400. The van der Waals surface area contributed by atoms with Crippen molar-refractivity contribution in [1.82, 2.24) is 4.72 Å². The summed E-state index contributed by atoms with van der Waals surface area (Å²) in [7, 11) is 0. The van der Waals surface area contributed by atoms with Crippen molar-refractivity contribution >= 4 is 23.5 Å². The Morgan fingerprint density at radius 1 is 0.927 bits per heavy atom. The number of benzene rings is 1. The highest BCUT2D eigenvalue weighted by Gasteiger charge is 2.69. The second kappa shape index (κ2) is 9.17. The van der Waals surface area contributed by atoms with Gasteiger partial charge in [-0.25, -0.2) is 0 Å². The molecule has 5 aliphatic carbocycles. The Balaban J connectivity index is 1.46. The van der Waals surface area contributed by atoms with Gasteiger partial charge < -0.3 is 0 Å². The van der Waals surface area contributed by atoms with Crippen LogP contribution in [-0.2, 0) is 9.59 Å². The van der Waals surface area contributed by atoms with Gasteiger partial charge in [0.1, 0.15) is 6.07 Å². The van der Waals surface area contributed by atoms with E-state index in [1.54, 1.807) is 11.9 Å². The first-order valence-corrected chi connectivity index (χ1v) is 16.4. The molecular formula is C36H46N2O2S. The smallest absolute Gasteiger partial charge is 0.178 e. The van der Waals surface area contributed by atoms with Crippen LogP contribution in [-0.4, -0.2) is 17.1 Å². The van der Waals surface area contributed by atoms with E-state index < -0.39 is 10.8 Å². The van der Waals surface area contributed by atoms with Crippen LogP contribution in [0.15, 0.2) is 58.5 Å². The molecule has 0 aliphatic heterocycles. The average molecular weight is 571 g/mol. The Kier molecular flexibility index (Phi) is 6.47. The van der Waals surface area contributed by atoms with Crippen molar-refractivity contribution in [3.8, 4) is 6.07 Å². The summed E-state index contributed by atoms with van der Waals surface area (Å²) in [6, 6.07) is 12.8. The number of nitrogens with one attached hydrogen (secondary N) is 1. The highest BCUT2D eigenvalue weighted by atomic mass is 32.2. The normalized spacial score (nSPS) is 42.4. The molecular weight excluding hydrogens is 524 g/mol. The lowest BCUT2D eigenvalue weighted by molar-refractivity contribution is -0.159. The van der Waals surface area contributed by atoms with E-state index in [-0.39, 0.29) is 56.7 Å². The van der Waals surface area contributed by atoms with Crippen molar-refractivity contribution in [2.24, 2.45) is 44.8 Å². The largest absolute Gasteiger partial charge is 0.295 e. The van der Waals surface area contributed by atoms with E-state index in [0.29, 0.717) is 0 Å². The Morgan fingerprint density at radius 3 is 2.29 bits per heavy atom. The maximum absolute atomic E-state index is 14.6. The number of allylic oxidation sites excluding steroid dienone is 4. The molecule has 7 atom stereocenters. The standard InChI is InChI=1S/C36H46N2O2S/c1-31(2)15-17-36(38-41-24-11-9-8-10-12-24)18-16-35(7)29(25(36)21-31)26(39)19-28-33(5)20-23(22-37)30(40)32(3,4)27(33)13-14-34(28,35)6/h8-12,19-20,25,27,29,38H,13-18,21H2,1-7H3/t25-,27+,29?,33+,34-,35-,36+/m1/s1. The van der Waals surface area contributed by atoms with E-state index in [0.717, 1.165) is 44.9 Å². The van der Waals surface area contributed by atoms with Crippen LogP contribution in [0.1, 0.15) is 93.4 Å². The summed E-state index contributed by atoms with van der Waals surface area (Å²) in [4.78, 5) is 29.2. The second-order valence-electron chi connectivity index (χ2n) is 15.9. The van der Waals surface area contributed by atoms with Crippen LogP contribution in [0.25, 0.3) is 0 Å². The number of carbonyl (C=O) groups is 2. The van der Waals surface area contributed by atoms with Gasteiger partial charge in [0.2, 0.25) is 0 Å². The van der Waals surface area contributed by atoms with Gasteiger partial charge in [-0.1, -0.05) is 78.3 Å². The van der Waals surface area contributed by atoms with Crippen molar-refractivity contribution in [1.29, 1.82) is 5.26 Å². The van der Waals surface area contributed by atoms with Crippen molar-refractivity contribution < 1.29 is 9.59 Å². The molecule has 1 unspecified atom stereocenters. The molecule has 5 heteroatoms. The SMILES string of the molecule is CC1(C)CC[C@]2(NSc3ccccc3)CC[C@]3(C)C(C(=O)C=C4[C@@]5(C)C=C(C#N)C(=O)C(C)(C)[C@@H]5CC[C@]43C)[C@H]2C1. The third kappa shape index (κ3) is 3.96. The van der Waals surface area contributed by atoms with E-state index in [1.807, 2.05) is 26.0 Å². The molecule has 3 fully saturated rings. The maximum atomic E-state index is 14.6. The van der Waals surface area contributed by atoms with Crippen molar-refractivity contribution in [2.45, 2.75) is 104 Å². The van der Waals surface area contributed by atoms with Crippen molar-refractivity contribution in [3.63, 3.8) is 0 Å². The summed E-state index contributed by atoms with van der Waals surface area (Å²) in [5, 5.41) is 9.95. The third-order valence-corrected chi connectivity index (χ3v) is 14.0. The topological polar surface area (TPSA) is 70.0 Å². The van der Waals surface area contributed by atoms with Crippen LogP contribution in [0.2, 0.25) is 0 Å². The lowest BCUT2D eigenvalue weighted by atomic mass is 9.35. The average Bonchev–Trinajstić information content (AvgIpc) is 2.92. The molecule has 41 heavy (non-hydrogen) atoms. The second-order valence-corrected chi connectivity index (χ2v) is 16.8. The number of carbonyl (C=O) groups excluding carboxylic acids is 2. The number of ketones is 2. The van der Waals surface area contributed by atoms with Gasteiger partial charge >= 0.3 is 0 Å². The van der Waals surface area contributed by atoms with Crippen LogP contribution in [0, 0.1) is 56.2 Å². The minimum atomic E-state index is -0.634. The Labute approximate surface area is 250 Å². The minimum Gasteiger partial charge on any atom is -0.295 e. The Morgan fingerprint density at radius 2 is 1.61 bits per heavy atom. The predicted molar refractivity (Wildman–Crippen MR) is 165 cm³/mol. The fraction of sp³-hybridized carbons (Fsp3) is 0.639. The predicted octanol–water partition coefficient (Wildman–Crippen LogP) is 8.26. The first-order chi connectivity index (χ1) is 19.1. The molecule has 1 N–H and O–H groups in total. The van der Waals surface area contributed by atoms with Gasteiger partial charge in [-0.15, -0.1) is 0 Å². The molecule has 0 aromatic heterocycles. The summed E-state index contributed by atoms with van der Waals surface area (Å²) in [5.41, 5.74) is 0.0703. The van der Waals surface area contributed by atoms with Crippen LogP contribution in [0.3, 0.4) is 0 Å². The van der Waals surface area contributed by atoms with Gasteiger partial charge in [-0.3, -0.25) is 14.3 Å². The number of Topliss-reactive ketones (excluding diaryl/α,β-unsaturated/α-hetero) is 1. The zero-order valence-electron chi connectivity index (χ0n) is 25.9. The highest BCUT2D eigenvalue weighted by molar-refractivity contribution is 7.97. The van der Waals surface area contributed by atoms with Crippen LogP contribution >= 0.6 is 11.9 Å². The van der Waals surface area contributed by atoms with Gasteiger partial charge in [0, 0.05) is 27.2 Å². The van der Waals surface area contributed by atoms with Gasteiger partial charge in [-0.2, -0.15) is 5.26 Å². The molecule has 0 radical (unpaired) electrons. The number of nitrogens with zero attached hydrogens (tertiary/aromatic N) is 1. The zero-order valence-corrected chi connectivity index (χ0v) is 26.7. The fourth-order valence-electron chi connectivity index (χ4n) is 10.5. The molecule has 3 saturated carbocycles. The lowest BCUT2D eigenvalue weighted by Crippen LogP contribution is -2.68. The zero-order chi connectivity index (χ0) is 29.6. The lowest BCUT2D eigenvalue weighted by Gasteiger charge is -2.69. The van der Waals surface area contributed by atoms with Gasteiger partial charge in [0.15, 0.2) is 11.6 Å². The molecule has 0 amide bonds. The number of hydrogen-bond donors (Lipinski definition) is 1. The maximum Gasteiger partial charge on any atom is 0.178 e. The molecule has 6 rings (SSSR count). The first kappa shape index (κ1) is 28.9. The Hall–Kier alpha value is -2.16. The fourth-order valence-corrected chi connectivity index (χ4v) is 11.4. The molecule has 1 aromatic rings. The van der Waals surface area contributed by atoms with E-state index >= 15 is 0 Å². The quantitative estimate of drug-likeness (QED) is 0.371. The molecule has 1 aromatic carbocycles. The van der Waals surface area contributed by atoms with E-state index in [9.17, 15) is 14.9 Å².